The molecule has 2 aromatic rings. The Morgan fingerprint density at radius 3 is 2.08 bits per heavy atom. The number of nitriles is 1. The number of unbranched alkanes of at least 4 members (excludes halogenated alkanes) is 3. The van der Waals surface area contributed by atoms with Crippen molar-refractivity contribution < 1.29 is 29.6 Å². The van der Waals surface area contributed by atoms with Gasteiger partial charge in [-0.15, -0.1) is 4.91 Å². The Kier molecular flexibility index (Phi) is 21.2. The summed E-state index contributed by atoms with van der Waals surface area (Å²) in [6.07, 6.45) is 10.6. The number of rotatable bonds is 17. The third-order valence-corrected chi connectivity index (χ3v) is 12.2. The maximum absolute atomic E-state index is 12.0. The quantitative estimate of drug-likeness (QED) is 0.0360. The van der Waals surface area contributed by atoms with Crippen molar-refractivity contribution in [3.05, 3.63) is 82.9 Å². The molecule has 3 heterocycles. The van der Waals surface area contributed by atoms with Gasteiger partial charge < -0.3 is 30.5 Å². The number of fused-ring (bicyclic) bond motifs is 4. The summed E-state index contributed by atoms with van der Waals surface area (Å²) in [6, 6.07) is 12.5. The Morgan fingerprint density at radius 1 is 0.983 bits per heavy atom. The van der Waals surface area contributed by atoms with Crippen LogP contribution in [0.2, 0.25) is 0 Å². The molecule has 60 heavy (non-hydrogen) atoms. The Morgan fingerprint density at radius 2 is 1.57 bits per heavy atom. The van der Waals surface area contributed by atoms with Crippen molar-refractivity contribution in [3.63, 3.8) is 0 Å². The predicted molar refractivity (Wildman–Crippen MR) is 236 cm³/mol. The number of aromatic nitrogens is 2. The monoisotopic (exact) mass is 851 g/mol. The number of nitrogens with two attached hydrogens (primary N) is 1. The fourth-order valence-electron chi connectivity index (χ4n) is 8.16. The molecule has 0 radical (unpaired) electrons. The molecule has 14 nitrogen and oxygen atoms in total. The summed E-state index contributed by atoms with van der Waals surface area (Å²) in [6.45, 7) is 23.5. The molecular weight excluding hydrogens is 782 g/mol. The van der Waals surface area contributed by atoms with Crippen LogP contribution in [0.4, 0.5) is 5.82 Å². The normalized spacial score (nSPS) is 27.6. The van der Waals surface area contributed by atoms with Crippen molar-refractivity contribution in [2.45, 2.75) is 148 Å². The number of nitrogen functional groups attached to an aromatic ring is 1. The third-order valence-electron chi connectivity index (χ3n) is 11.4. The average molecular weight is 851 g/mol. The first-order valence-electron chi connectivity index (χ1n) is 21.7. The van der Waals surface area contributed by atoms with E-state index in [1.54, 1.807) is 24.4 Å². The van der Waals surface area contributed by atoms with Gasteiger partial charge >= 0.3 is 5.69 Å². The largest absolute Gasteiger partial charge is 0.858 e. The van der Waals surface area contributed by atoms with Gasteiger partial charge in [0.2, 0.25) is 0 Å². The first kappa shape index (κ1) is 50.6. The van der Waals surface area contributed by atoms with Gasteiger partial charge in [-0.05, 0) is 43.2 Å². The summed E-state index contributed by atoms with van der Waals surface area (Å²) in [4.78, 5) is 28.5. The van der Waals surface area contributed by atoms with Crippen molar-refractivity contribution in [1.29, 1.82) is 5.26 Å². The molecule has 2 aliphatic heterocycles. The second-order valence-corrected chi connectivity index (χ2v) is 16.6. The number of anilines is 1. The number of hydrogen-bond acceptors (Lipinski definition) is 12. The van der Waals surface area contributed by atoms with E-state index in [0.717, 1.165) is 52.0 Å². The molecule has 2 saturated heterocycles. The number of aliphatic hydroxyl groups excluding tert-OH is 2. The number of nitrogens with zero attached hydrogens (tertiary/aromatic N) is 6. The van der Waals surface area contributed by atoms with E-state index < -0.39 is 35.3 Å². The van der Waals surface area contributed by atoms with Crippen LogP contribution in [0.15, 0.2) is 81.6 Å². The minimum absolute atomic E-state index is 0.0997. The number of hydrogen-bond donors (Lipinski definition) is 3. The number of ether oxygens (including phenoxy) is 2. The van der Waals surface area contributed by atoms with E-state index >= 15 is 0 Å². The maximum atomic E-state index is 12.0. The summed E-state index contributed by atoms with van der Waals surface area (Å²) >= 11 is 0. The zero-order valence-electron chi connectivity index (χ0n) is 36.7. The van der Waals surface area contributed by atoms with Crippen LogP contribution in [0, 0.1) is 23.2 Å². The van der Waals surface area contributed by atoms with Crippen LogP contribution >= 0.6 is 8.52 Å². The zero-order chi connectivity index (χ0) is 44.3. The lowest BCUT2D eigenvalue weighted by Crippen LogP contribution is -2.37. The average Bonchev–Trinajstić information content (AvgIpc) is 3.87. The summed E-state index contributed by atoms with van der Waals surface area (Å²) in [7, 11) is 0.861. The Labute approximate surface area is 359 Å². The maximum Gasteiger partial charge on any atom is 0.351 e. The molecule has 4 fully saturated rings. The Hall–Kier alpha value is -3.80. The SMILES string of the molecule is C=C1C[C@]2(CC)O[C@@H](CN=C([O-])c3ccccc3)[C@H]1[C@@H]2O.C=C1C[C@]2(CC)O[C@@H](n3ccc(N)nc3=O)[C@H]1[C@@H]2O.CCCCCC.CCCN(CCC)P=NOCCC#N. The predicted octanol–water partition coefficient (Wildman–Crippen LogP) is 7.30. The molecule has 2 saturated carbocycles. The minimum Gasteiger partial charge on any atom is -0.858 e. The van der Waals surface area contributed by atoms with Crippen LogP contribution in [-0.4, -0.2) is 86.1 Å². The van der Waals surface area contributed by atoms with Crippen molar-refractivity contribution >= 4 is 20.2 Å². The van der Waals surface area contributed by atoms with E-state index in [1.165, 1.54) is 30.3 Å². The molecule has 4 aliphatic rings. The summed E-state index contributed by atoms with van der Waals surface area (Å²) in [5, 5.41) is 41.0. The molecule has 0 spiro atoms. The fraction of sp³-hybridized carbons (Fsp3) is 0.644. The molecule has 15 heteroatoms. The van der Waals surface area contributed by atoms with Gasteiger partial charge in [0.15, 0.2) is 0 Å². The first-order valence-corrected chi connectivity index (χ1v) is 22.5. The fourth-order valence-corrected chi connectivity index (χ4v) is 8.97. The van der Waals surface area contributed by atoms with Crippen LogP contribution in [0.3, 0.4) is 0 Å². The summed E-state index contributed by atoms with van der Waals surface area (Å²) in [5.41, 5.74) is 6.39. The van der Waals surface area contributed by atoms with Crippen molar-refractivity contribution in [2.24, 2.45) is 21.7 Å². The smallest absolute Gasteiger partial charge is 0.351 e. The molecule has 4 N–H and O–H groups in total. The van der Waals surface area contributed by atoms with Crippen LogP contribution in [0.1, 0.15) is 124 Å². The third kappa shape index (κ3) is 13.1. The first-order chi connectivity index (χ1) is 28.8. The highest BCUT2D eigenvalue weighted by Gasteiger charge is 2.61. The highest BCUT2D eigenvalue weighted by Crippen LogP contribution is 2.56. The number of aliphatic imine (C=N–C) groups is 1. The van der Waals surface area contributed by atoms with Gasteiger partial charge in [-0.25, -0.2) is 14.3 Å². The molecule has 8 atom stereocenters. The standard InChI is InChI=1S/C17H21NO3.C13H17N3O3.C9H18N3OP.C6H14/c1-3-17-9-11(2)14(15(17)19)13(21-17)10-18-16(20)12-7-5-4-6-8-12;1-3-13-6-7(2)9(10(13)17)11(19-13)16-5-4-8(14)15-12(16)18;1-3-7-12(8-4-2)14-11-13-9-5-6-10;1-3-5-6-4-2/h4-8,13-15,19H,2-3,9-10H2,1H3,(H,18,20);4-5,9-11,17H,2-3,6H2,1H3,(H2,14,15,18);3-5,7-9H2,1-2H3;3-6H2,1-2H3/p-1/t13-,14-,15-,17-;9-,10+,11-,13+;;/m01../s1. The molecule has 1 aromatic heterocycles. The van der Waals surface area contributed by atoms with Crippen LogP contribution in [0.25, 0.3) is 0 Å². The van der Waals surface area contributed by atoms with Crippen molar-refractivity contribution in [3.8, 4) is 6.07 Å². The number of benzene rings is 1. The van der Waals surface area contributed by atoms with Gasteiger partial charge in [0.05, 0.1) is 55.5 Å². The molecule has 332 valence electrons. The second kappa shape index (κ2) is 25.2. The molecule has 0 unspecified atom stereocenters. The summed E-state index contributed by atoms with van der Waals surface area (Å²) in [5.74, 6) is -0.429. The van der Waals surface area contributed by atoms with E-state index in [1.807, 2.05) is 38.1 Å². The molecule has 2 aliphatic carbocycles. The molecule has 0 amide bonds. The van der Waals surface area contributed by atoms with Gasteiger partial charge in [0.1, 0.15) is 26.2 Å². The van der Waals surface area contributed by atoms with Crippen molar-refractivity contribution in [1.82, 2.24) is 14.2 Å². The van der Waals surface area contributed by atoms with Gasteiger partial charge in [-0.3, -0.25) is 9.56 Å². The van der Waals surface area contributed by atoms with Gasteiger partial charge in [-0.1, -0.05) is 122 Å². The lowest BCUT2D eigenvalue weighted by atomic mass is 9.95. The van der Waals surface area contributed by atoms with Gasteiger partial charge in [0, 0.05) is 38.0 Å². The highest BCUT2D eigenvalue weighted by molar-refractivity contribution is 7.23. The molecule has 4 bridgehead atoms. The highest BCUT2D eigenvalue weighted by atomic mass is 31.1. The van der Waals surface area contributed by atoms with Crippen LogP contribution in [-0.2, 0) is 14.3 Å². The van der Waals surface area contributed by atoms with E-state index in [-0.39, 0.29) is 36.2 Å². The summed E-state index contributed by atoms with van der Waals surface area (Å²) < 4.78 is 15.6. The molecular formula is C45H69N7O7P-. The van der Waals surface area contributed by atoms with Gasteiger partial charge in [-0.2, -0.15) is 10.2 Å². The van der Waals surface area contributed by atoms with E-state index in [9.17, 15) is 20.1 Å². The minimum atomic E-state index is -0.626. The van der Waals surface area contributed by atoms with E-state index in [4.69, 9.17) is 25.3 Å². The number of aliphatic hydroxyl groups is 2. The molecule has 1 aromatic carbocycles. The Balaban J connectivity index is 0.000000229. The lowest BCUT2D eigenvalue weighted by Gasteiger charge is -2.31. The van der Waals surface area contributed by atoms with Crippen LogP contribution < -0.4 is 16.5 Å². The van der Waals surface area contributed by atoms with Crippen LogP contribution in [0.5, 0.6) is 0 Å². The van der Waals surface area contributed by atoms with Crippen molar-refractivity contribution in [2.75, 3.05) is 32.0 Å². The lowest BCUT2D eigenvalue weighted by molar-refractivity contribution is -0.213. The molecule has 6 rings (SSSR count). The topological polar surface area (TPSA) is 204 Å². The van der Waals surface area contributed by atoms with Gasteiger partial charge in [0.25, 0.3) is 0 Å². The Bertz CT molecular complexity index is 1790. The van der Waals surface area contributed by atoms with E-state index in [0.29, 0.717) is 37.9 Å². The van der Waals surface area contributed by atoms with E-state index in [2.05, 4.69) is 60.4 Å². The second-order valence-electron chi connectivity index (χ2n) is 15.7. The zero-order valence-corrected chi connectivity index (χ0v) is 37.6.